The predicted molar refractivity (Wildman–Crippen MR) is 74.7 cm³/mol. The molecule has 0 saturated carbocycles. The third-order valence-corrected chi connectivity index (χ3v) is 2.81. The summed E-state index contributed by atoms with van der Waals surface area (Å²) in [5, 5.41) is 12.2. The van der Waals surface area contributed by atoms with E-state index in [-0.39, 0.29) is 0 Å². The summed E-state index contributed by atoms with van der Waals surface area (Å²) in [6.45, 7) is 2.71. The van der Waals surface area contributed by atoms with E-state index in [4.69, 9.17) is 5.26 Å². The molecular formula is C15H16N4. The van der Waals surface area contributed by atoms with Crippen LogP contribution in [0.25, 0.3) is 0 Å². The van der Waals surface area contributed by atoms with Gasteiger partial charge in [0.2, 0.25) is 0 Å². The molecule has 0 saturated heterocycles. The van der Waals surface area contributed by atoms with Crippen molar-refractivity contribution in [3.63, 3.8) is 0 Å². The molecule has 0 radical (unpaired) electrons. The molecule has 0 amide bonds. The molecule has 0 fully saturated rings. The first kappa shape index (κ1) is 13.0. The van der Waals surface area contributed by atoms with Crippen LogP contribution in [0.1, 0.15) is 23.2 Å². The van der Waals surface area contributed by atoms with Crippen LogP contribution in [0.15, 0.2) is 36.7 Å². The summed E-state index contributed by atoms with van der Waals surface area (Å²) in [6, 6.07) is 9.80. The van der Waals surface area contributed by atoms with Crippen molar-refractivity contribution in [1.82, 2.24) is 9.97 Å². The van der Waals surface area contributed by atoms with Gasteiger partial charge in [0.15, 0.2) is 0 Å². The topological polar surface area (TPSA) is 61.6 Å². The van der Waals surface area contributed by atoms with Gasteiger partial charge in [0.25, 0.3) is 0 Å². The van der Waals surface area contributed by atoms with E-state index in [9.17, 15) is 0 Å². The number of anilines is 1. The van der Waals surface area contributed by atoms with E-state index in [1.54, 1.807) is 12.3 Å². The van der Waals surface area contributed by atoms with Gasteiger partial charge in [-0.2, -0.15) is 5.26 Å². The number of aromatic nitrogens is 2. The number of nitrogens with zero attached hydrogens (tertiary/aromatic N) is 3. The van der Waals surface area contributed by atoms with Crippen LogP contribution in [-0.2, 0) is 6.42 Å². The molecule has 0 atom stereocenters. The molecule has 2 aromatic rings. The normalized spacial score (nSPS) is 9.89. The van der Waals surface area contributed by atoms with Gasteiger partial charge in [-0.3, -0.25) is 4.98 Å². The predicted octanol–water partition coefficient (Wildman–Crippen LogP) is 2.70. The van der Waals surface area contributed by atoms with Gasteiger partial charge in [-0.15, -0.1) is 0 Å². The van der Waals surface area contributed by atoms with E-state index in [2.05, 4.69) is 27.4 Å². The van der Waals surface area contributed by atoms with Gasteiger partial charge in [-0.1, -0.05) is 6.07 Å². The Labute approximate surface area is 113 Å². The molecule has 0 aliphatic carbocycles. The average Bonchev–Trinajstić information content (AvgIpc) is 2.45. The molecule has 0 aromatic carbocycles. The lowest BCUT2D eigenvalue weighted by Gasteiger charge is -2.07. The van der Waals surface area contributed by atoms with Gasteiger partial charge in [0.05, 0.1) is 5.56 Å². The highest BCUT2D eigenvalue weighted by Crippen LogP contribution is 2.12. The van der Waals surface area contributed by atoms with Crippen LogP contribution in [0, 0.1) is 18.3 Å². The zero-order valence-corrected chi connectivity index (χ0v) is 10.9. The highest BCUT2D eigenvalue weighted by Gasteiger charge is 2.03. The zero-order chi connectivity index (χ0) is 13.5. The minimum atomic E-state index is 0.590. The number of nitrogens with one attached hydrogen (secondary N) is 1. The van der Waals surface area contributed by atoms with Crippen molar-refractivity contribution in [2.45, 2.75) is 19.8 Å². The third-order valence-electron chi connectivity index (χ3n) is 2.81. The molecule has 0 unspecified atom stereocenters. The molecule has 0 aliphatic rings. The molecule has 2 heterocycles. The fraction of sp³-hybridized carbons (Fsp3) is 0.267. The minimum Gasteiger partial charge on any atom is -0.369 e. The summed E-state index contributed by atoms with van der Waals surface area (Å²) in [6.07, 6.45) is 5.60. The van der Waals surface area contributed by atoms with Crippen molar-refractivity contribution >= 4 is 5.82 Å². The van der Waals surface area contributed by atoms with Crippen LogP contribution in [0.3, 0.4) is 0 Å². The van der Waals surface area contributed by atoms with Crippen molar-refractivity contribution in [2.75, 3.05) is 11.9 Å². The van der Waals surface area contributed by atoms with Crippen molar-refractivity contribution in [2.24, 2.45) is 0 Å². The van der Waals surface area contributed by atoms with Crippen molar-refractivity contribution in [1.29, 1.82) is 5.26 Å². The second kappa shape index (κ2) is 6.50. The molecule has 19 heavy (non-hydrogen) atoms. The maximum atomic E-state index is 9.01. The standard InChI is InChI=1S/C15H16N4/c1-12-6-7-14(10-16)15(19-12)18-9-3-5-13-4-2-8-17-11-13/h2,4,6-8,11H,3,5,9H2,1H3,(H,18,19). The number of nitriles is 1. The van der Waals surface area contributed by atoms with Crippen LogP contribution >= 0.6 is 0 Å². The summed E-state index contributed by atoms with van der Waals surface area (Å²) in [4.78, 5) is 8.43. The van der Waals surface area contributed by atoms with Gasteiger partial charge in [0, 0.05) is 24.6 Å². The van der Waals surface area contributed by atoms with Crippen LogP contribution in [0.5, 0.6) is 0 Å². The summed E-state index contributed by atoms with van der Waals surface area (Å²) < 4.78 is 0. The molecule has 2 rings (SSSR count). The van der Waals surface area contributed by atoms with Gasteiger partial charge in [-0.05, 0) is 43.5 Å². The fourth-order valence-corrected chi connectivity index (χ4v) is 1.83. The highest BCUT2D eigenvalue weighted by molar-refractivity contribution is 5.52. The largest absolute Gasteiger partial charge is 0.369 e. The Morgan fingerprint density at radius 3 is 2.95 bits per heavy atom. The summed E-state index contributed by atoms with van der Waals surface area (Å²) in [5.74, 6) is 0.675. The maximum absolute atomic E-state index is 9.01. The Balaban J connectivity index is 1.86. The number of hydrogen-bond donors (Lipinski definition) is 1. The summed E-state index contributed by atoms with van der Waals surface area (Å²) in [7, 11) is 0. The fourth-order valence-electron chi connectivity index (χ4n) is 1.83. The lowest BCUT2D eigenvalue weighted by Crippen LogP contribution is -2.07. The van der Waals surface area contributed by atoms with E-state index in [1.165, 1.54) is 5.56 Å². The van der Waals surface area contributed by atoms with Gasteiger partial charge >= 0.3 is 0 Å². The second-order valence-electron chi connectivity index (χ2n) is 4.35. The molecule has 0 bridgehead atoms. The Hall–Kier alpha value is -2.41. The second-order valence-corrected chi connectivity index (χ2v) is 4.35. The molecule has 2 aromatic heterocycles. The van der Waals surface area contributed by atoms with Crippen molar-refractivity contribution in [3.8, 4) is 6.07 Å². The zero-order valence-electron chi connectivity index (χ0n) is 10.9. The molecule has 0 aliphatic heterocycles. The van der Waals surface area contributed by atoms with E-state index >= 15 is 0 Å². The smallest absolute Gasteiger partial charge is 0.144 e. The summed E-state index contributed by atoms with van der Waals surface area (Å²) >= 11 is 0. The number of aryl methyl sites for hydroxylation is 2. The van der Waals surface area contributed by atoms with E-state index in [0.717, 1.165) is 25.1 Å². The van der Waals surface area contributed by atoms with Gasteiger partial charge < -0.3 is 5.32 Å². The Kier molecular flexibility index (Phi) is 4.46. The number of rotatable bonds is 5. The van der Waals surface area contributed by atoms with E-state index < -0.39 is 0 Å². The Bertz CT molecular complexity index is 572. The lowest BCUT2D eigenvalue weighted by molar-refractivity contribution is 0.853. The monoisotopic (exact) mass is 252 g/mol. The molecule has 1 N–H and O–H groups in total. The summed E-state index contributed by atoms with van der Waals surface area (Å²) in [5.41, 5.74) is 2.72. The first-order valence-corrected chi connectivity index (χ1v) is 6.30. The van der Waals surface area contributed by atoms with Gasteiger partial charge in [0.1, 0.15) is 11.9 Å². The molecule has 96 valence electrons. The van der Waals surface area contributed by atoms with Crippen LogP contribution in [-0.4, -0.2) is 16.5 Å². The number of pyridine rings is 2. The van der Waals surface area contributed by atoms with Crippen LogP contribution < -0.4 is 5.32 Å². The first-order valence-electron chi connectivity index (χ1n) is 6.30. The van der Waals surface area contributed by atoms with E-state index in [1.807, 2.05) is 25.3 Å². The minimum absolute atomic E-state index is 0.590. The SMILES string of the molecule is Cc1ccc(C#N)c(NCCCc2cccnc2)n1. The average molecular weight is 252 g/mol. The Morgan fingerprint density at radius 1 is 1.32 bits per heavy atom. The van der Waals surface area contributed by atoms with Crippen LogP contribution in [0.4, 0.5) is 5.82 Å². The van der Waals surface area contributed by atoms with E-state index in [0.29, 0.717) is 11.4 Å². The Morgan fingerprint density at radius 2 is 2.21 bits per heavy atom. The highest BCUT2D eigenvalue weighted by atomic mass is 15.0. The third kappa shape index (κ3) is 3.78. The first-order chi connectivity index (χ1) is 9.29. The molecular weight excluding hydrogens is 236 g/mol. The molecule has 4 nitrogen and oxygen atoms in total. The quantitative estimate of drug-likeness (QED) is 0.831. The van der Waals surface area contributed by atoms with Crippen LogP contribution in [0.2, 0.25) is 0 Å². The lowest BCUT2D eigenvalue weighted by atomic mass is 10.1. The van der Waals surface area contributed by atoms with Crippen molar-refractivity contribution in [3.05, 3.63) is 53.5 Å². The molecule has 0 spiro atoms. The number of hydrogen-bond acceptors (Lipinski definition) is 4. The van der Waals surface area contributed by atoms with Gasteiger partial charge in [-0.25, -0.2) is 4.98 Å². The maximum Gasteiger partial charge on any atom is 0.144 e. The molecule has 4 heteroatoms. The van der Waals surface area contributed by atoms with Crippen molar-refractivity contribution < 1.29 is 0 Å².